The number of hydrogen-bond donors (Lipinski definition) is 0. The summed E-state index contributed by atoms with van der Waals surface area (Å²) in [6, 6.07) is 10.1. The Bertz CT molecular complexity index is 671. The summed E-state index contributed by atoms with van der Waals surface area (Å²) in [5.41, 5.74) is 0.877. The first-order valence-electron chi connectivity index (χ1n) is 11.5. The van der Waals surface area contributed by atoms with E-state index in [0.717, 1.165) is 18.5 Å². The summed E-state index contributed by atoms with van der Waals surface area (Å²) in [5, 5.41) is 0. The van der Waals surface area contributed by atoms with Gasteiger partial charge in [-0.25, -0.2) is 0 Å². The summed E-state index contributed by atoms with van der Waals surface area (Å²) in [4.78, 5) is 32.5. The molecule has 0 saturated carbocycles. The molecular formula is C24H37N3O4. The summed E-state index contributed by atoms with van der Waals surface area (Å²) in [6.07, 6.45) is 1.72. The van der Waals surface area contributed by atoms with Gasteiger partial charge in [0, 0.05) is 31.0 Å². The Morgan fingerprint density at radius 1 is 0.839 bits per heavy atom. The molecule has 31 heavy (non-hydrogen) atoms. The van der Waals surface area contributed by atoms with E-state index in [4.69, 9.17) is 9.47 Å². The van der Waals surface area contributed by atoms with Crippen LogP contribution in [0.1, 0.15) is 40.5 Å². The smallest absolute Gasteiger partial charge is 0.242 e. The van der Waals surface area contributed by atoms with Crippen LogP contribution in [0.2, 0.25) is 0 Å². The summed E-state index contributed by atoms with van der Waals surface area (Å²) >= 11 is 0. The fourth-order valence-corrected chi connectivity index (χ4v) is 4.68. The summed E-state index contributed by atoms with van der Waals surface area (Å²) in [6.45, 7) is 11.0. The molecule has 0 bridgehead atoms. The highest BCUT2D eigenvalue weighted by Gasteiger charge is 2.33. The van der Waals surface area contributed by atoms with E-state index >= 15 is 0 Å². The fraction of sp³-hybridized carbons (Fsp3) is 0.667. The lowest BCUT2D eigenvalue weighted by molar-refractivity contribution is -0.135. The molecule has 2 atom stereocenters. The van der Waals surface area contributed by atoms with E-state index in [1.54, 1.807) is 0 Å². The van der Waals surface area contributed by atoms with Crippen molar-refractivity contribution in [3.8, 4) is 0 Å². The number of carbonyl (C=O) groups excluding carboxylic acids is 2. The molecular weight excluding hydrogens is 394 g/mol. The van der Waals surface area contributed by atoms with E-state index in [1.807, 2.05) is 72.7 Å². The third-order valence-corrected chi connectivity index (χ3v) is 6.06. The van der Waals surface area contributed by atoms with Crippen LogP contribution in [-0.2, 0) is 19.1 Å². The molecule has 2 unspecified atom stereocenters. The van der Waals surface area contributed by atoms with Crippen molar-refractivity contribution in [1.82, 2.24) is 9.80 Å². The van der Waals surface area contributed by atoms with Gasteiger partial charge in [0.1, 0.15) is 0 Å². The number of benzene rings is 1. The molecule has 2 aliphatic heterocycles. The van der Waals surface area contributed by atoms with Crippen molar-refractivity contribution in [2.45, 2.75) is 64.7 Å². The number of anilines is 1. The van der Waals surface area contributed by atoms with Crippen molar-refractivity contribution in [2.75, 3.05) is 44.4 Å². The lowest BCUT2D eigenvalue weighted by Crippen LogP contribution is -2.53. The second kappa shape index (κ2) is 11.0. The van der Waals surface area contributed by atoms with Crippen LogP contribution >= 0.6 is 0 Å². The van der Waals surface area contributed by atoms with Gasteiger partial charge in [-0.05, 0) is 52.7 Å². The summed E-state index contributed by atoms with van der Waals surface area (Å²) in [7, 11) is 0. The Kier molecular flexibility index (Phi) is 8.32. The third kappa shape index (κ3) is 5.98. The Labute approximate surface area is 186 Å². The molecule has 3 rings (SSSR count). The van der Waals surface area contributed by atoms with E-state index in [2.05, 4.69) is 0 Å². The Balaban J connectivity index is 1.78. The van der Waals surface area contributed by atoms with Gasteiger partial charge in [0.15, 0.2) is 0 Å². The molecule has 0 radical (unpaired) electrons. The van der Waals surface area contributed by atoms with Crippen molar-refractivity contribution >= 4 is 17.5 Å². The number of carbonyl (C=O) groups is 2. The lowest BCUT2D eigenvalue weighted by atomic mass is 10.1. The zero-order chi connectivity index (χ0) is 22.4. The van der Waals surface area contributed by atoms with E-state index in [-0.39, 0.29) is 49.1 Å². The van der Waals surface area contributed by atoms with Crippen molar-refractivity contribution in [2.24, 2.45) is 0 Å². The molecule has 0 spiro atoms. The molecule has 0 aliphatic carbocycles. The molecule has 172 valence electrons. The molecule has 2 heterocycles. The number of nitrogens with zero attached hydrogens (tertiary/aromatic N) is 3. The maximum atomic E-state index is 13.4. The highest BCUT2D eigenvalue weighted by Crippen LogP contribution is 2.21. The molecule has 1 aromatic rings. The van der Waals surface area contributed by atoms with Crippen molar-refractivity contribution in [1.29, 1.82) is 0 Å². The van der Waals surface area contributed by atoms with Crippen molar-refractivity contribution in [3.63, 3.8) is 0 Å². The third-order valence-electron chi connectivity index (χ3n) is 6.06. The molecule has 0 N–H and O–H groups in total. The number of hydrogen-bond acceptors (Lipinski definition) is 5. The van der Waals surface area contributed by atoms with Gasteiger partial charge in [0.25, 0.3) is 0 Å². The maximum absolute atomic E-state index is 13.4. The average molecular weight is 432 g/mol. The first-order valence-corrected chi connectivity index (χ1v) is 11.5. The molecule has 1 aromatic carbocycles. The predicted octanol–water partition coefficient (Wildman–Crippen LogP) is 2.54. The highest BCUT2D eigenvalue weighted by atomic mass is 16.5. The predicted molar refractivity (Wildman–Crippen MR) is 121 cm³/mol. The van der Waals surface area contributed by atoms with Gasteiger partial charge in [-0.3, -0.25) is 9.59 Å². The van der Waals surface area contributed by atoms with Crippen molar-refractivity contribution in [3.05, 3.63) is 30.3 Å². The topological polar surface area (TPSA) is 62.3 Å². The standard InChI is InChI=1S/C24H37N3O4/c1-18(2)26(21-10-12-30-16-21)23(28)14-25(20-8-6-5-7-9-20)15-24(29)27(19(3)4)22-11-13-31-17-22/h5-9,18-19,21-22H,10-17H2,1-4H3. The van der Waals surface area contributed by atoms with Gasteiger partial charge in [-0.1, -0.05) is 18.2 Å². The van der Waals surface area contributed by atoms with Gasteiger partial charge < -0.3 is 24.2 Å². The Morgan fingerprint density at radius 2 is 1.29 bits per heavy atom. The van der Waals surface area contributed by atoms with E-state index in [1.165, 1.54) is 0 Å². The minimum absolute atomic E-state index is 0.0300. The molecule has 2 amide bonds. The van der Waals surface area contributed by atoms with Gasteiger partial charge >= 0.3 is 0 Å². The number of rotatable bonds is 9. The SMILES string of the molecule is CC(C)N(C(=O)CN(CC(=O)N(C(C)C)C1CCOC1)c1ccccc1)C1CCOC1. The highest BCUT2D eigenvalue weighted by molar-refractivity contribution is 5.87. The number of ether oxygens (including phenoxy) is 2. The summed E-state index contributed by atoms with van der Waals surface area (Å²) in [5.74, 6) is 0.0601. The average Bonchev–Trinajstić information content (AvgIpc) is 3.42. The van der Waals surface area contributed by atoms with Crippen LogP contribution < -0.4 is 4.90 Å². The largest absolute Gasteiger partial charge is 0.379 e. The first-order chi connectivity index (χ1) is 14.9. The molecule has 7 heteroatoms. The molecule has 2 aliphatic rings. The van der Waals surface area contributed by atoms with Crippen LogP contribution in [0.15, 0.2) is 30.3 Å². The Hall–Kier alpha value is -2.12. The monoisotopic (exact) mass is 431 g/mol. The minimum Gasteiger partial charge on any atom is -0.379 e. The first kappa shape index (κ1) is 23.5. The van der Waals surface area contributed by atoms with Crippen molar-refractivity contribution < 1.29 is 19.1 Å². The van der Waals surface area contributed by atoms with Gasteiger partial charge in [-0.15, -0.1) is 0 Å². The second-order valence-corrected chi connectivity index (χ2v) is 9.02. The van der Waals surface area contributed by atoms with Crippen LogP contribution in [0, 0.1) is 0 Å². The van der Waals surface area contributed by atoms with E-state index < -0.39 is 0 Å². The van der Waals surface area contributed by atoms with Crippen LogP contribution in [0.3, 0.4) is 0 Å². The second-order valence-electron chi connectivity index (χ2n) is 9.02. The van der Waals surface area contributed by atoms with Gasteiger partial charge in [0.2, 0.25) is 11.8 Å². The van der Waals surface area contributed by atoms with E-state index in [9.17, 15) is 9.59 Å². The summed E-state index contributed by atoms with van der Waals surface area (Å²) < 4.78 is 11.1. The molecule has 2 saturated heterocycles. The molecule has 0 aromatic heterocycles. The fourth-order valence-electron chi connectivity index (χ4n) is 4.68. The molecule has 2 fully saturated rings. The number of amides is 2. The van der Waals surface area contributed by atoms with E-state index in [0.29, 0.717) is 26.4 Å². The van der Waals surface area contributed by atoms with Crippen LogP contribution in [0.25, 0.3) is 0 Å². The maximum Gasteiger partial charge on any atom is 0.242 e. The quantitative estimate of drug-likeness (QED) is 0.601. The van der Waals surface area contributed by atoms with Gasteiger partial charge in [0.05, 0.1) is 38.4 Å². The van der Waals surface area contributed by atoms with Crippen LogP contribution in [0.5, 0.6) is 0 Å². The normalized spacial score (nSPS) is 21.0. The van der Waals surface area contributed by atoms with Crippen LogP contribution in [-0.4, -0.2) is 85.3 Å². The van der Waals surface area contributed by atoms with Gasteiger partial charge in [-0.2, -0.15) is 0 Å². The van der Waals surface area contributed by atoms with Crippen LogP contribution in [0.4, 0.5) is 5.69 Å². The Morgan fingerprint density at radius 3 is 1.65 bits per heavy atom. The molecule has 7 nitrogen and oxygen atoms in total. The zero-order valence-corrected chi connectivity index (χ0v) is 19.3. The lowest BCUT2D eigenvalue weighted by Gasteiger charge is -2.37. The number of para-hydroxylation sites is 1. The zero-order valence-electron chi connectivity index (χ0n) is 19.3. The minimum atomic E-state index is 0.0300.